The van der Waals surface area contributed by atoms with Crippen LogP contribution in [0.25, 0.3) is 0 Å². The first-order valence-electron chi connectivity index (χ1n) is 6.46. The molecule has 0 saturated heterocycles. The van der Waals surface area contributed by atoms with Gasteiger partial charge in [0, 0.05) is 4.88 Å². The lowest BCUT2D eigenvalue weighted by Gasteiger charge is -2.24. The first kappa shape index (κ1) is 13.5. The minimum atomic E-state index is -0.651. The Labute approximate surface area is 112 Å². The molecule has 2 rings (SSSR count). The molecule has 5 heteroatoms. The van der Waals surface area contributed by atoms with Gasteiger partial charge in [-0.2, -0.15) is 0 Å². The summed E-state index contributed by atoms with van der Waals surface area (Å²) in [5, 5.41) is 4.07. The number of hydrogen-bond donors (Lipinski definition) is 2. The second-order valence-corrected chi connectivity index (χ2v) is 6.48. The van der Waals surface area contributed by atoms with Crippen LogP contribution in [0, 0.1) is 13.8 Å². The monoisotopic (exact) mass is 267 g/mol. The predicted molar refractivity (Wildman–Crippen MR) is 73.5 cm³/mol. The first-order valence-corrected chi connectivity index (χ1v) is 7.28. The van der Waals surface area contributed by atoms with Gasteiger partial charge in [-0.3, -0.25) is 4.79 Å². The average Bonchev–Trinajstić information content (AvgIpc) is 2.86. The first-order chi connectivity index (χ1) is 8.42. The molecule has 1 aliphatic carbocycles. The molecule has 0 radical (unpaired) electrons. The second kappa shape index (κ2) is 4.97. The van der Waals surface area contributed by atoms with Crippen LogP contribution in [0.1, 0.15) is 54.2 Å². The van der Waals surface area contributed by atoms with Crippen molar-refractivity contribution in [3.63, 3.8) is 0 Å². The van der Waals surface area contributed by atoms with Crippen molar-refractivity contribution in [2.45, 2.75) is 58.0 Å². The third kappa shape index (κ3) is 2.57. The van der Waals surface area contributed by atoms with E-state index in [0.717, 1.165) is 41.3 Å². The van der Waals surface area contributed by atoms with Crippen LogP contribution in [0.2, 0.25) is 0 Å². The summed E-state index contributed by atoms with van der Waals surface area (Å²) in [4.78, 5) is 17.7. The van der Waals surface area contributed by atoms with Gasteiger partial charge in [0.2, 0.25) is 5.91 Å². The molecule has 1 aliphatic rings. The van der Waals surface area contributed by atoms with Crippen LogP contribution < -0.4 is 11.1 Å². The summed E-state index contributed by atoms with van der Waals surface area (Å²) in [7, 11) is 0. The maximum atomic E-state index is 12.2. The normalized spacial score (nSPS) is 19.8. The standard InChI is InChI=1S/C13H21N3OS/c1-8-11(18-10(3)15-8)9(2)16-12(17)13(14)6-4-5-7-13/h9H,4-7,14H2,1-3H3,(H,16,17). The third-order valence-corrected chi connectivity index (χ3v) is 4.88. The topological polar surface area (TPSA) is 68.0 Å². The number of nitrogens with one attached hydrogen (secondary N) is 1. The largest absolute Gasteiger partial charge is 0.347 e. The molecule has 1 saturated carbocycles. The zero-order chi connectivity index (χ0) is 13.3. The van der Waals surface area contributed by atoms with Crippen molar-refractivity contribution >= 4 is 17.2 Å². The Kier molecular flexibility index (Phi) is 3.73. The van der Waals surface area contributed by atoms with Crippen molar-refractivity contribution in [3.05, 3.63) is 15.6 Å². The Morgan fingerprint density at radius 3 is 2.56 bits per heavy atom. The number of amides is 1. The lowest BCUT2D eigenvalue weighted by atomic mass is 9.97. The number of thiazole rings is 1. The van der Waals surface area contributed by atoms with Crippen molar-refractivity contribution in [2.24, 2.45) is 5.73 Å². The number of carbonyl (C=O) groups excluding carboxylic acids is 1. The van der Waals surface area contributed by atoms with Crippen molar-refractivity contribution in [1.82, 2.24) is 10.3 Å². The van der Waals surface area contributed by atoms with E-state index in [1.165, 1.54) is 0 Å². The molecule has 1 heterocycles. The smallest absolute Gasteiger partial charge is 0.240 e. The lowest BCUT2D eigenvalue weighted by molar-refractivity contribution is -0.126. The predicted octanol–water partition coefficient (Wildman–Crippen LogP) is 2.21. The Morgan fingerprint density at radius 2 is 2.06 bits per heavy atom. The van der Waals surface area contributed by atoms with Crippen LogP contribution in [-0.2, 0) is 4.79 Å². The average molecular weight is 267 g/mol. The molecule has 3 N–H and O–H groups in total. The van der Waals surface area contributed by atoms with Crippen LogP contribution in [0.5, 0.6) is 0 Å². The zero-order valence-electron chi connectivity index (χ0n) is 11.2. The van der Waals surface area contributed by atoms with Crippen LogP contribution in [0.3, 0.4) is 0 Å². The van der Waals surface area contributed by atoms with Gasteiger partial charge in [0.25, 0.3) is 0 Å². The highest BCUT2D eigenvalue weighted by molar-refractivity contribution is 7.11. The number of aryl methyl sites for hydroxylation is 2. The fraction of sp³-hybridized carbons (Fsp3) is 0.692. The molecule has 0 aromatic carbocycles. The fourth-order valence-corrected chi connectivity index (χ4v) is 3.52. The van der Waals surface area contributed by atoms with Gasteiger partial charge in [0.05, 0.1) is 22.3 Å². The van der Waals surface area contributed by atoms with E-state index in [9.17, 15) is 4.79 Å². The van der Waals surface area contributed by atoms with E-state index in [1.54, 1.807) is 11.3 Å². The van der Waals surface area contributed by atoms with Gasteiger partial charge in [0.1, 0.15) is 0 Å². The highest BCUT2D eigenvalue weighted by Crippen LogP contribution is 2.29. The Balaban J connectivity index is 2.05. The Bertz CT molecular complexity index is 449. The zero-order valence-corrected chi connectivity index (χ0v) is 12.1. The quantitative estimate of drug-likeness (QED) is 0.882. The molecule has 1 atom stereocenters. The van der Waals surface area contributed by atoms with E-state index in [4.69, 9.17) is 5.73 Å². The van der Waals surface area contributed by atoms with Gasteiger partial charge in [-0.05, 0) is 33.6 Å². The molecule has 1 aromatic rings. The van der Waals surface area contributed by atoms with E-state index in [0.29, 0.717) is 0 Å². The van der Waals surface area contributed by atoms with Gasteiger partial charge in [-0.15, -0.1) is 11.3 Å². The molecule has 18 heavy (non-hydrogen) atoms. The molecule has 4 nitrogen and oxygen atoms in total. The van der Waals surface area contributed by atoms with Gasteiger partial charge < -0.3 is 11.1 Å². The molecule has 1 fully saturated rings. The van der Waals surface area contributed by atoms with E-state index in [1.807, 2.05) is 20.8 Å². The molecule has 1 amide bonds. The third-order valence-electron chi connectivity index (χ3n) is 3.63. The van der Waals surface area contributed by atoms with Gasteiger partial charge in [-0.25, -0.2) is 4.98 Å². The molecule has 100 valence electrons. The highest BCUT2D eigenvalue weighted by atomic mass is 32.1. The lowest BCUT2D eigenvalue weighted by Crippen LogP contribution is -2.52. The van der Waals surface area contributed by atoms with Crippen LogP contribution in [0.15, 0.2) is 0 Å². The van der Waals surface area contributed by atoms with Gasteiger partial charge >= 0.3 is 0 Å². The highest BCUT2D eigenvalue weighted by Gasteiger charge is 2.37. The maximum absolute atomic E-state index is 12.2. The van der Waals surface area contributed by atoms with E-state index in [2.05, 4.69) is 10.3 Å². The van der Waals surface area contributed by atoms with E-state index < -0.39 is 5.54 Å². The number of nitrogens with two attached hydrogens (primary N) is 1. The van der Waals surface area contributed by atoms with Crippen molar-refractivity contribution in [1.29, 1.82) is 0 Å². The number of nitrogens with zero attached hydrogens (tertiary/aromatic N) is 1. The van der Waals surface area contributed by atoms with Crippen molar-refractivity contribution < 1.29 is 4.79 Å². The van der Waals surface area contributed by atoms with Crippen LogP contribution in [0.4, 0.5) is 0 Å². The van der Waals surface area contributed by atoms with Crippen molar-refractivity contribution in [3.8, 4) is 0 Å². The minimum Gasteiger partial charge on any atom is -0.347 e. The summed E-state index contributed by atoms with van der Waals surface area (Å²) in [6.07, 6.45) is 3.70. The fourth-order valence-electron chi connectivity index (χ4n) is 2.59. The molecule has 0 bridgehead atoms. The van der Waals surface area contributed by atoms with E-state index >= 15 is 0 Å². The maximum Gasteiger partial charge on any atom is 0.240 e. The van der Waals surface area contributed by atoms with Crippen LogP contribution >= 0.6 is 11.3 Å². The molecule has 0 spiro atoms. The number of aromatic nitrogens is 1. The molecule has 0 aliphatic heterocycles. The summed E-state index contributed by atoms with van der Waals surface area (Å²) in [5.74, 6) is -0.0158. The Hall–Kier alpha value is -0.940. The van der Waals surface area contributed by atoms with Gasteiger partial charge in [-0.1, -0.05) is 12.8 Å². The second-order valence-electron chi connectivity index (χ2n) is 5.24. The summed E-state index contributed by atoms with van der Waals surface area (Å²) in [6, 6.07) is -0.00951. The molecular weight excluding hydrogens is 246 g/mol. The van der Waals surface area contributed by atoms with Crippen LogP contribution in [-0.4, -0.2) is 16.4 Å². The molecular formula is C13H21N3OS. The minimum absolute atomic E-state index is 0.00951. The number of hydrogen-bond acceptors (Lipinski definition) is 4. The molecule has 1 aromatic heterocycles. The summed E-state index contributed by atoms with van der Waals surface area (Å²) >= 11 is 1.64. The van der Waals surface area contributed by atoms with Crippen molar-refractivity contribution in [2.75, 3.05) is 0 Å². The Morgan fingerprint density at radius 1 is 1.44 bits per heavy atom. The summed E-state index contributed by atoms with van der Waals surface area (Å²) in [5.41, 5.74) is 6.50. The SMILES string of the molecule is Cc1nc(C)c(C(C)NC(=O)C2(N)CCCC2)s1. The van der Waals surface area contributed by atoms with Gasteiger partial charge in [0.15, 0.2) is 0 Å². The van der Waals surface area contributed by atoms with E-state index in [-0.39, 0.29) is 11.9 Å². The number of rotatable bonds is 3. The summed E-state index contributed by atoms with van der Waals surface area (Å²) in [6.45, 7) is 5.96. The molecule has 1 unspecified atom stereocenters. The number of carbonyl (C=O) groups is 1. The summed E-state index contributed by atoms with van der Waals surface area (Å²) < 4.78 is 0.